The van der Waals surface area contributed by atoms with Crippen LogP contribution in [0.15, 0.2) is 24.3 Å². The maximum absolute atomic E-state index is 12.5. The lowest BCUT2D eigenvalue weighted by Gasteiger charge is -2.25. The van der Waals surface area contributed by atoms with Gasteiger partial charge >= 0.3 is 7.60 Å². The molecule has 2 N–H and O–H groups in total. The fourth-order valence-electron chi connectivity index (χ4n) is 1.52. The Morgan fingerprint density at radius 2 is 1.78 bits per heavy atom. The van der Waals surface area contributed by atoms with Crippen LogP contribution in [0.25, 0.3) is 0 Å². The second-order valence-electron chi connectivity index (χ2n) is 3.46. The van der Waals surface area contributed by atoms with Crippen LogP contribution in [0.4, 0.5) is 0 Å². The van der Waals surface area contributed by atoms with Gasteiger partial charge in [0.2, 0.25) is 0 Å². The van der Waals surface area contributed by atoms with Crippen LogP contribution in [0.5, 0.6) is 0 Å². The average molecular weight is 294 g/mol. The van der Waals surface area contributed by atoms with E-state index < -0.39 is 13.4 Å². The molecule has 0 radical (unpaired) electrons. The zero-order chi connectivity index (χ0) is 13.6. The molecule has 0 saturated heterocycles. The largest absolute Gasteiger partial charge is 0.354 e. The van der Waals surface area contributed by atoms with Crippen molar-refractivity contribution in [3.8, 4) is 0 Å². The van der Waals surface area contributed by atoms with Gasteiger partial charge in [0.25, 0.3) is 0 Å². The summed E-state index contributed by atoms with van der Waals surface area (Å²) in [5.74, 6) is -0.935. The first-order valence-corrected chi connectivity index (χ1v) is 7.60. The summed E-state index contributed by atoms with van der Waals surface area (Å²) < 4.78 is 22.9. The van der Waals surface area contributed by atoms with Crippen molar-refractivity contribution in [3.05, 3.63) is 34.9 Å². The highest BCUT2D eigenvalue weighted by Crippen LogP contribution is 2.59. The zero-order valence-corrected chi connectivity index (χ0v) is 11.9. The number of hydrogen-bond donors (Lipinski definition) is 2. The van der Waals surface area contributed by atoms with E-state index in [1.54, 1.807) is 38.1 Å². The standard InChI is InChI=1S/C11H17ClNO4P/c1-3-16-18(15,17-4-2)11(13-14)9-5-7-10(12)8-6-9/h5-8,11,13-14H,3-4H2,1-2H3. The Balaban J connectivity index is 3.05. The van der Waals surface area contributed by atoms with Gasteiger partial charge in [-0.05, 0) is 31.5 Å². The van der Waals surface area contributed by atoms with Crippen molar-refractivity contribution in [2.75, 3.05) is 13.2 Å². The van der Waals surface area contributed by atoms with Crippen molar-refractivity contribution in [1.29, 1.82) is 0 Å². The van der Waals surface area contributed by atoms with Crippen molar-refractivity contribution < 1.29 is 18.8 Å². The zero-order valence-electron chi connectivity index (χ0n) is 10.3. The second kappa shape index (κ2) is 7.24. The first-order chi connectivity index (χ1) is 8.57. The fourth-order valence-corrected chi connectivity index (χ4v) is 3.42. The van der Waals surface area contributed by atoms with Gasteiger partial charge in [-0.1, -0.05) is 23.7 Å². The van der Waals surface area contributed by atoms with E-state index in [0.717, 1.165) is 0 Å². The molecule has 0 aliphatic heterocycles. The minimum absolute atomic E-state index is 0.225. The molecule has 0 spiro atoms. The molecule has 1 aromatic carbocycles. The molecule has 1 aromatic rings. The summed E-state index contributed by atoms with van der Waals surface area (Å²) in [6.45, 7) is 3.87. The summed E-state index contributed by atoms with van der Waals surface area (Å²) in [5, 5.41) is 9.78. The lowest BCUT2D eigenvalue weighted by atomic mass is 10.2. The van der Waals surface area contributed by atoms with Crippen molar-refractivity contribution in [2.24, 2.45) is 0 Å². The van der Waals surface area contributed by atoms with Gasteiger partial charge in [0.1, 0.15) is 0 Å². The van der Waals surface area contributed by atoms with Gasteiger partial charge in [-0.15, -0.1) is 0 Å². The van der Waals surface area contributed by atoms with E-state index in [2.05, 4.69) is 0 Å². The predicted octanol–water partition coefficient (Wildman–Crippen LogP) is 3.58. The van der Waals surface area contributed by atoms with E-state index in [4.69, 9.17) is 20.6 Å². The molecule has 0 bridgehead atoms. The van der Waals surface area contributed by atoms with Crippen molar-refractivity contribution >= 4 is 19.2 Å². The summed E-state index contributed by atoms with van der Waals surface area (Å²) in [6.07, 6.45) is 0. The molecule has 0 aliphatic rings. The second-order valence-corrected chi connectivity index (χ2v) is 6.01. The molecule has 0 amide bonds. The first kappa shape index (κ1) is 15.6. The average Bonchev–Trinajstić information content (AvgIpc) is 2.33. The number of hydrogen-bond acceptors (Lipinski definition) is 5. The fraction of sp³-hybridized carbons (Fsp3) is 0.455. The summed E-state index contributed by atoms with van der Waals surface area (Å²) in [5.41, 5.74) is 2.57. The smallest absolute Gasteiger partial charge is 0.316 e. The van der Waals surface area contributed by atoms with Gasteiger partial charge in [0, 0.05) is 5.02 Å². The Bertz CT molecular complexity index is 402. The Kier molecular flexibility index (Phi) is 6.29. The van der Waals surface area contributed by atoms with Crippen LogP contribution < -0.4 is 5.48 Å². The highest BCUT2D eigenvalue weighted by Gasteiger charge is 2.36. The monoisotopic (exact) mass is 293 g/mol. The van der Waals surface area contributed by atoms with E-state index in [1.807, 2.05) is 5.48 Å². The van der Waals surface area contributed by atoms with Crippen molar-refractivity contribution in [2.45, 2.75) is 19.6 Å². The van der Waals surface area contributed by atoms with Gasteiger partial charge in [-0.2, -0.15) is 5.48 Å². The molecular formula is C11H17ClNO4P. The van der Waals surface area contributed by atoms with E-state index in [1.165, 1.54) is 0 Å². The lowest BCUT2D eigenvalue weighted by Crippen LogP contribution is -2.20. The molecule has 7 heteroatoms. The Morgan fingerprint density at radius 3 is 2.17 bits per heavy atom. The molecule has 1 atom stereocenters. The number of nitrogens with one attached hydrogen (secondary N) is 1. The van der Waals surface area contributed by atoms with E-state index >= 15 is 0 Å². The Hall–Kier alpha value is -0.420. The van der Waals surface area contributed by atoms with Gasteiger partial charge in [0.15, 0.2) is 5.78 Å². The molecule has 0 aromatic heterocycles. The SMILES string of the molecule is CCOP(=O)(OCC)C(NO)c1ccc(Cl)cc1. The van der Waals surface area contributed by atoms with Gasteiger partial charge in [-0.25, -0.2) is 0 Å². The van der Waals surface area contributed by atoms with Crippen LogP contribution in [-0.4, -0.2) is 18.4 Å². The maximum atomic E-state index is 12.5. The topological polar surface area (TPSA) is 67.8 Å². The van der Waals surface area contributed by atoms with Crippen LogP contribution in [0, 0.1) is 0 Å². The summed E-state index contributed by atoms with van der Waals surface area (Å²) in [4.78, 5) is 0. The normalized spacial score (nSPS) is 13.6. The summed E-state index contributed by atoms with van der Waals surface area (Å²) >= 11 is 5.78. The summed E-state index contributed by atoms with van der Waals surface area (Å²) in [7, 11) is -3.47. The molecule has 1 unspecified atom stereocenters. The van der Waals surface area contributed by atoms with Crippen LogP contribution >= 0.6 is 19.2 Å². The molecule has 1 rings (SSSR count). The van der Waals surface area contributed by atoms with E-state index in [9.17, 15) is 9.77 Å². The third-order valence-corrected chi connectivity index (χ3v) is 4.78. The molecule has 102 valence electrons. The predicted molar refractivity (Wildman–Crippen MR) is 70.0 cm³/mol. The molecule has 0 fully saturated rings. The quantitative estimate of drug-likeness (QED) is 0.594. The third-order valence-electron chi connectivity index (χ3n) is 2.24. The van der Waals surface area contributed by atoms with E-state index in [0.29, 0.717) is 10.6 Å². The number of benzene rings is 1. The van der Waals surface area contributed by atoms with Crippen molar-refractivity contribution in [1.82, 2.24) is 5.48 Å². The van der Waals surface area contributed by atoms with Crippen molar-refractivity contribution in [3.63, 3.8) is 0 Å². The van der Waals surface area contributed by atoms with Crippen LogP contribution in [0.3, 0.4) is 0 Å². The highest BCUT2D eigenvalue weighted by molar-refractivity contribution is 7.54. The van der Waals surface area contributed by atoms with Gasteiger partial charge < -0.3 is 14.3 Å². The minimum Gasteiger partial charge on any atom is -0.316 e. The number of halogens is 1. The van der Waals surface area contributed by atoms with E-state index in [-0.39, 0.29) is 13.2 Å². The maximum Gasteiger partial charge on any atom is 0.354 e. The van der Waals surface area contributed by atoms with Crippen LogP contribution in [0.2, 0.25) is 5.02 Å². The highest BCUT2D eigenvalue weighted by atomic mass is 35.5. The molecular weight excluding hydrogens is 277 g/mol. The molecule has 0 heterocycles. The molecule has 18 heavy (non-hydrogen) atoms. The lowest BCUT2D eigenvalue weighted by molar-refractivity contribution is 0.125. The molecule has 5 nitrogen and oxygen atoms in total. The first-order valence-electron chi connectivity index (χ1n) is 5.61. The summed E-state index contributed by atoms with van der Waals surface area (Å²) in [6, 6.07) is 6.59. The van der Waals surface area contributed by atoms with Gasteiger partial charge in [0.05, 0.1) is 13.2 Å². The number of hydroxylamine groups is 1. The Labute approximate surface area is 112 Å². The van der Waals surface area contributed by atoms with Gasteiger partial charge in [-0.3, -0.25) is 4.57 Å². The number of rotatable bonds is 7. The molecule has 0 saturated carbocycles. The van der Waals surface area contributed by atoms with Crippen LogP contribution in [0.1, 0.15) is 25.2 Å². The third kappa shape index (κ3) is 3.79. The minimum atomic E-state index is -3.47. The Morgan fingerprint density at radius 1 is 1.28 bits per heavy atom. The molecule has 0 aliphatic carbocycles. The van der Waals surface area contributed by atoms with Crippen LogP contribution in [-0.2, 0) is 13.6 Å².